The number of H-pyrrole nitrogens is 1. The number of carbonyl (C=O) groups excluding carboxylic acids is 1. The molecule has 24 heavy (non-hydrogen) atoms. The van der Waals surface area contributed by atoms with E-state index < -0.39 is 15.6 Å². The third-order valence-corrected chi connectivity index (χ3v) is 6.02. The number of hydrogen-bond acceptors (Lipinski definition) is 3. The van der Waals surface area contributed by atoms with Gasteiger partial charge in [-0.15, -0.1) is 0 Å². The van der Waals surface area contributed by atoms with Crippen LogP contribution in [0.1, 0.15) is 5.56 Å². The number of para-hydroxylation sites is 2. The number of rotatable bonds is 3. The highest BCUT2D eigenvalue weighted by molar-refractivity contribution is 7.92. The van der Waals surface area contributed by atoms with Crippen molar-refractivity contribution in [1.29, 1.82) is 0 Å². The third kappa shape index (κ3) is 2.39. The number of aromatic amines is 1. The average Bonchev–Trinajstić information content (AvgIpc) is 3.19. The maximum Gasteiger partial charge on any atom is 0.242 e. The lowest BCUT2D eigenvalue weighted by molar-refractivity contribution is -0.116. The topological polar surface area (TPSA) is 70.2 Å². The van der Waals surface area contributed by atoms with Crippen molar-refractivity contribution in [3.63, 3.8) is 0 Å². The van der Waals surface area contributed by atoms with Crippen LogP contribution in [0.15, 0.2) is 59.6 Å². The Hall–Kier alpha value is -2.60. The first-order valence-electron chi connectivity index (χ1n) is 7.73. The highest BCUT2D eigenvalue weighted by Gasteiger charge is 2.29. The van der Waals surface area contributed by atoms with Crippen molar-refractivity contribution in [2.75, 3.05) is 17.2 Å². The van der Waals surface area contributed by atoms with Crippen LogP contribution in [0.3, 0.4) is 0 Å². The molecule has 0 saturated heterocycles. The Kier molecular flexibility index (Phi) is 3.42. The monoisotopic (exact) mass is 340 g/mol. The second kappa shape index (κ2) is 5.49. The van der Waals surface area contributed by atoms with Crippen molar-refractivity contribution >= 4 is 32.3 Å². The van der Waals surface area contributed by atoms with Gasteiger partial charge in [0.2, 0.25) is 5.91 Å². The minimum atomic E-state index is -3.71. The zero-order valence-corrected chi connectivity index (χ0v) is 13.7. The molecule has 0 aliphatic carbocycles. The first-order valence-corrected chi connectivity index (χ1v) is 9.39. The zero-order valence-electron chi connectivity index (χ0n) is 12.9. The molecule has 0 radical (unpaired) electrons. The molecule has 0 atom stereocenters. The molecule has 0 saturated carbocycles. The van der Waals surface area contributed by atoms with Crippen molar-refractivity contribution in [3.8, 4) is 0 Å². The van der Waals surface area contributed by atoms with E-state index in [2.05, 4.69) is 4.98 Å². The van der Waals surface area contributed by atoms with Crippen molar-refractivity contribution in [3.05, 3.63) is 60.3 Å². The molecule has 0 bridgehead atoms. The molecule has 122 valence electrons. The molecule has 1 N–H and O–H groups in total. The summed E-state index contributed by atoms with van der Waals surface area (Å²) in [6.45, 7) is 0.529. The average molecular weight is 340 g/mol. The Morgan fingerprint density at radius 3 is 2.71 bits per heavy atom. The largest absolute Gasteiger partial charge is 0.360 e. The SMILES string of the molecule is O=C(CS(=O)(=O)c1c[nH]c2ccccc12)N1CCc2ccccc21. The molecule has 1 aliphatic rings. The predicted molar refractivity (Wildman–Crippen MR) is 92.9 cm³/mol. The van der Waals surface area contributed by atoms with E-state index in [-0.39, 0.29) is 10.8 Å². The number of aromatic nitrogens is 1. The van der Waals surface area contributed by atoms with Gasteiger partial charge in [0.1, 0.15) is 5.75 Å². The molecule has 0 fully saturated rings. The molecular formula is C18H16N2O3S. The molecule has 4 rings (SSSR count). The summed E-state index contributed by atoms with van der Waals surface area (Å²) in [5.74, 6) is -0.909. The van der Waals surface area contributed by atoms with Gasteiger partial charge in [-0.1, -0.05) is 36.4 Å². The molecule has 2 aromatic carbocycles. The minimum Gasteiger partial charge on any atom is -0.360 e. The quantitative estimate of drug-likeness (QED) is 0.796. The lowest BCUT2D eigenvalue weighted by Crippen LogP contribution is -2.34. The number of nitrogens with zero attached hydrogens (tertiary/aromatic N) is 1. The Morgan fingerprint density at radius 1 is 1.08 bits per heavy atom. The number of hydrogen-bond donors (Lipinski definition) is 1. The van der Waals surface area contributed by atoms with E-state index >= 15 is 0 Å². The third-order valence-electron chi connectivity index (χ3n) is 4.39. The Morgan fingerprint density at radius 2 is 1.83 bits per heavy atom. The van der Waals surface area contributed by atoms with Gasteiger partial charge < -0.3 is 9.88 Å². The van der Waals surface area contributed by atoms with Crippen LogP contribution in [-0.4, -0.2) is 31.6 Å². The number of nitrogens with one attached hydrogen (secondary N) is 1. The molecule has 1 aliphatic heterocycles. The molecule has 3 aromatic rings. The van der Waals surface area contributed by atoms with Crippen molar-refractivity contribution in [1.82, 2.24) is 4.98 Å². The summed E-state index contributed by atoms with van der Waals surface area (Å²) in [5, 5.41) is 0.618. The first kappa shape index (κ1) is 15.0. The maximum absolute atomic E-state index is 12.7. The van der Waals surface area contributed by atoms with E-state index in [0.717, 1.165) is 23.2 Å². The van der Waals surface area contributed by atoms with Crippen LogP contribution in [0.2, 0.25) is 0 Å². The van der Waals surface area contributed by atoms with Crippen LogP contribution in [0.5, 0.6) is 0 Å². The van der Waals surface area contributed by atoms with Crippen molar-refractivity contribution in [2.24, 2.45) is 0 Å². The van der Waals surface area contributed by atoms with Gasteiger partial charge in [0.25, 0.3) is 0 Å². The van der Waals surface area contributed by atoms with Crippen molar-refractivity contribution < 1.29 is 13.2 Å². The van der Waals surface area contributed by atoms with Crippen molar-refractivity contribution in [2.45, 2.75) is 11.3 Å². The number of anilines is 1. The molecule has 2 heterocycles. The molecule has 0 spiro atoms. The number of carbonyl (C=O) groups is 1. The second-order valence-corrected chi connectivity index (χ2v) is 7.84. The van der Waals surface area contributed by atoms with Gasteiger partial charge >= 0.3 is 0 Å². The molecule has 1 amide bonds. The fourth-order valence-electron chi connectivity index (χ4n) is 3.22. The van der Waals surface area contributed by atoms with Crippen LogP contribution in [0, 0.1) is 0 Å². The van der Waals surface area contributed by atoms with E-state index in [1.165, 1.54) is 6.20 Å². The number of fused-ring (bicyclic) bond motifs is 2. The summed E-state index contributed by atoms with van der Waals surface area (Å²) in [6.07, 6.45) is 2.22. The van der Waals surface area contributed by atoms with Crippen LogP contribution in [0.4, 0.5) is 5.69 Å². The van der Waals surface area contributed by atoms with Crippen LogP contribution in [-0.2, 0) is 21.1 Å². The summed E-state index contributed by atoms with van der Waals surface area (Å²) in [6, 6.07) is 14.8. The smallest absolute Gasteiger partial charge is 0.242 e. The highest BCUT2D eigenvalue weighted by atomic mass is 32.2. The summed E-state index contributed by atoms with van der Waals surface area (Å²) in [4.78, 5) is 17.3. The van der Waals surface area contributed by atoms with Gasteiger partial charge in [0.05, 0.1) is 4.90 Å². The Labute approximate surface area is 139 Å². The van der Waals surface area contributed by atoms with Gasteiger partial charge in [-0.25, -0.2) is 8.42 Å². The van der Waals surface area contributed by atoms with Gasteiger partial charge in [0.15, 0.2) is 9.84 Å². The van der Waals surface area contributed by atoms with Gasteiger partial charge in [0, 0.05) is 29.3 Å². The second-order valence-electron chi connectivity index (χ2n) is 5.88. The van der Waals surface area contributed by atoms with E-state index in [1.807, 2.05) is 36.4 Å². The van der Waals surface area contributed by atoms with E-state index in [0.29, 0.717) is 11.9 Å². The molecule has 5 nitrogen and oxygen atoms in total. The summed E-state index contributed by atoms with van der Waals surface area (Å²) in [7, 11) is -3.71. The Bertz CT molecular complexity index is 1040. The standard InChI is InChI=1S/C18H16N2O3S/c21-18(20-10-9-13-5-1-4-8-16(13)20)12-24(22,23)17-11-19-15-7-3-2-6-14(15)17/h1-8,11,19H,9-10,12H2. The normalized spacial score (nSPS) is 14.1. The maximum atomic E-state index is 12.7. The van der Waals surface area contributed by atoms with Crippen LogP contribution in [0.25, 0.3) is 10.9 Å². The van der Waals surface area contributed by atoms with E-state index in [9.17, 15) is 13.2 Å². The number of sulfone groups is 1. The molecule has 1 aromatic heterocycles. The fourth-order valence-corrected chi connectivity index (χ4v) is 4.61. The number of amides is 1. The lowest BCUT2D eigenvalue weighted by atomic mass is 10.2. The predicted octanol–water partition coefficient (Wildman–Crippen LogP) is 2.53. The van der Waals surface area contributed by atoms with Gasteiger partial charge in [-0.3, -0.25) is 4.79 Å². The molecule has 0 unspecified atom stereocenters. The first-order chi connectivity index (χ1) is 11.6. The van der Waals surface area contributed by atoms with E-state index in [4.69, 9.17) is 0 Å². The highest BCUT2D eigenvalue weighted by Crippen LogP contribution is 2.29. The Balaban J connectivity index is 1.64. The summed E-state index contributed by atoms with van der Waals surface area (Å²) in [5.41, 5.74) is 2.64. The summed E-state index contributed by atoms with van der Waals surface area (Å²) < 4.78 is 25.4. The van der Waals surface area contributed by atoms with Crippen LogP contribution < -0.4 is 4.90 Å². The number of benzene rings is 2. The zero-order chi connectivity index (χ0) is 16.7. The fraction of sp³-hybridized carbons (Fsp3) is 0.167. The summed E-state index contributed by atoms with van der Waals surface area (Å²) >= 11 is 0. The van der Waals surface area contributed by atoms with Gasteiger partial charge in [-0.2, -0.15) is 0 Å². The van der Waals surface area contributed by atoms with E-state index in [1.54, 1.807) is 17.0 Å². The lowest BCUT2D eigenvalue weighted by Gasteiger charge is -2.17. The van der Waals surface area contributed by atoms with Crippen LogP contribution >= 0.6 is 0 Å². The molecule has 6 heteroatoms. The van der Waals surface area contributed by atoms with Gasteiger partial charge in [-0.05, 0) is 24.1 Å². The molecular weight excluding hydrogens is 324 g/mol. The minimum absolute atomic E-state index is 0.180.